The first kappa shape index (κ1) is 22.9. The highest BCUT2D eigenvalue weighted by Gasteiger charge is 2.31. The summed E-state index contributed by atoms with van der Waals surface area (Å²) < 4.78 is 17.1. The van der Waals surface area contributed by atoms with E-state index in [0.717, 1.165) is 11.1 Å². The van der Waals surface area contributed by atoms with Crippen LogP contribution in [0.15, 0.2) is 53.7 Å². The van der Waals surface area contributed by atoms with E-state index >= 15 is 0 Å². The summed E-state index contributed by atoms with van der Waals surface area (Å²) >= 11 is 11.5. The second kappa shape index (κ2) is 10.5. The maximum atomic E-state index is 12.6. The molecule has 3 rings (SSSR count). The second-order valence-corrected chi connectivity index (χ2v) is 7.63. The topological polar surface area (TPSA) is 68.8 Å². The fraction of sp³-hybridized carbons (Fsp3) is 0.304. The van der Waals surface area contributed by atoms with Gasteiger partial charge in [-0.15, -0.1) is 0 Å². The van der Waals surface area contributed by atoms with Crippen LogP contribution in [0.2, 0.25) is 5.02 Å². The summed E-state index contributed by atoms with van der Waals surface area (Å²) in [6.45, 7) is 6.53. The van der Waals surface area contributed by atoms with Crippen molar-refractivity contribution in [3.8, 4) is 11.5 Å². The summed E-state index contributed by atoms with van der Waals surface area (Å²) in [6, 6.07) is 12.6. The molecule has 0 fully saturated rings. The summed E-state index contributed by atoms with van der Waals surface area (Å²) in [5, 5.41) is 7.23. The van der Waals surface area contributed by atoms with Gasteiger partial charge < -0.3 is 24.8 Å². The molecule has 164 valence electrons. The van der Waals surface area contributed by atoms with Gasteiger partial charge in [0.15, 0.2) is 16.6 Å². The lowest BCUT2D eigenvalue weighted by Gasteiger charge is -2.30. The van der Waals surface area contributed by atoms with Gasteiger partial charge in [0.05, 0.1) is 24.8 Å². The van der Waals surface area contributed by atoms with Gasteiger partial charge in [-0.25, -0.2) is 4.79 Å². The Labute approximate surface area is 192 Å². The Morgan fingerprint density at radius 3 is 2.58 bits per heavy atom. The van der Waals surface area contributed by atoms with Gasteiger partial charge in [-0.05, 0) is 56.8 Å². The van der Waals surface area contributed by atoms with Gasteiger partial charge in [0.2, 0.25) is 0 Å². The SMILES string of the molecule is CCOC(=O)C1=C(C)NC(=S)NC1c1ccc(OCc2ccccc2Cl)c(OCC)c1. The molecule has 0 radical (unpaired) electrons. The number of halogens is 1. The number of benzene rings is 2. The van der Waals surface area contributed by atoms with Gasteiger partial charge in [-0.3, -0.25) is 0 Å². The zero-order chi connectivity index (χ0) is 22.4. The van der Waals surface area contributed by atoms with Crippen molar-refractivity contribution in [2.24, 2.45) is 0 Å². The number of thiocarbonyl (C=S) groups is 1. The van der Waals surface area contributed by atoms with Crippen molar-refractivity contribution in [3.05, 3.63) is 69.9 Å². The van der Waals surface area contributed by atoms with Crippen LogP contribution in [0.4, 0.5) is 0 Å². The molecule has 0 amide bonds. The van der Waals surface area contributed by atoms with Crippen molar-refractivity contribution in [3.63, 3.8) is 0 Å². The molecule has 2 aromatic rings. The smallest absolute Gasteiger partial charge is 0.338 e. The van der Waals surface area contributed by atoms with E-state index < -0.39 is 12.0 Å². The van der Waals surface area contributed by atoms with Gasteiger partial charge in [0.1, 0.15) is 6.61 Å². The minimum Gasteiger partial charge on any atom is -0.490 e. The standard InChI is InChI=1S/C23H25ClN2O4S/c1-4-28-19-12-15(10-11-18(19)30-13-16-8-6-7-9-17(16)24)21-20(22(27)29-5-2)14(3)25-23(31)26-21/h6-12,21H,4-5,13H2,1-3H3,(H2,25,26,31). The zero-order valence-corrected chi connectivity index (χ0v) is 19.2. The monoisotopic (exact) mass is 460 g/mol. The average molecular weight is 461 g/mol. The normalized spacial score (nSPS) is 15.7. The van der Waals surface area contributed by atoms with Crippen LogP contribution < -0.4 is 20.1 Å². The van der Waals surface area contributed by atoms with Crippen LogP contribution >= 0.6 is 23.8 Å². The molecule has 2 aromatic carbocycles. The van der Waals surface area contributed by atoms with Crippen molar-refractivity contribution >= 4 is 34.9 Å². The first-order valence-corrected chi connectivity index (χ1v) is 10.8. The van der Waals surface area contributed by atoms with Gasteiger partial charge in [-0.1, -0.05) is 35.9 Å². The maximum absolute atomic E-state index is 12.6. The lowest BCUT2D eigenvalue weighted by molar-refractivity contribution is -0.139. The number of allylic oxidation sites excluding steroid dienone is 1. The van der Waals surface area contributed by atoms with E-state index in [1.165, 1.54) is 0 Å². The van der Waals surface area contributed by atoms with Gasteiger partial charge in [0, 0.05) is 16.3 Å². The summed E-state index contributed by atoms with van der Waals surface area (Å²) in [5.74, 6) is 0.754. The number of carbonyl (C=O) groups is 1. The van der Waals surface area contributed by atoms with E-state index in [1.807, 2.05) is 49.4 Å². The van der Waals surface area contributed by atoms with E-state index in [0.29, 0.717) is 46.1 Å². The number of carbonyl (C=O) groups excluding carboxylic acids is 1. The van der Waals surface area contributed by atoms with Crippen molar-refractivity contribution < 1.29 is 19.0 Å². The fourth-order valence-electron chi connectivity index (χ4n) is 3.29. The number of nitrogens with one attached hydrogen (secondary N) is 2. The Morgan fingerprint density at radius 1 is 1.10 bits per heavy atom. The summed E-state index contributed by atoms with van der Waals surface area (Å²) in [5.41, 5.74) is 2.82. The van der Waals surface area contributed by atoms with Gasteiger partial charge in [-0.2, -0.15) is 0 Å². The molecule has 1 unspecified atom stereocenters. The van der Waals surface area contributed by atoms with E-state index in [-0.39, 0.29) is 6.61 Å². The molecule has 0 aliphatic carbocycles. The highest BCUT2D eigenvalue weighted by Crippen LogP contribution is 2.35. The van der Waals surface area contributed by atoms with Gasteiger partial charge >= 0.3 is 5.97 Å². The Hall–Kier alpha value is -2.77. The predicted molar refractivity (Wildman–Crippen MR) is 124 cm³/mol. The molecule has 0 saturated carbocycles. The Balaban J connectivity index is 1.91. The highest BCUT2D eigenvalue weighted by atomic mass is 35.5. The summed E-state index contributed by atoms with van der Waals surface area (Å²) in [4.78, 5) is 12.6. The Bertz CT molecular complexity index is 1010. The molecule has 0 saturated heterocycles. The first-order valence-electron chi connectivity index (χ1n) is 10.0. The third kappa shape index (κ3) is 5.48. The van der Waals surface area contributed by atoms with Crippen LogP contribution in [0.5, 0.6) is 11.5 Å². The Morgan fingerprint density at radius 2 is 1.87 bits per heavy atom. The number of hydrogen-bond acceptors (Lipinski definition) is 5. The predicted octanol–water partition coefficient (Wildman–Crippen LogP) is 4.67. The molecule has 31 heavy (non-hydrogen) atoms. The van der Waals surface area contributed by atoms with Crippen LogP contribution in [-0.4, -0.2) is 24.3 Å². The first-order chi connectivity index (χ1) is 14.9. The summed E-state index contributed by atoms with van der Waals surface area (Å²) in [6.07, 6.45) is 0. The molecule has 0 spiro atoms. The largest absolute Gasteiger partial charge is 0.490 e. The highest BCUT2D eigenvalue weighted by molar-refractivity contribution is 7.80. The fourth-order valence-corrected chi connectivity index (χ4v) is 3.75. The zero-order valence-electron chi connectivity index (χ0n) is 17.7. The number of rotatable bonds is 8. The van der Waals surface area contributed by atoms with Crippen molar-refractivity contribution in [1.29, 1.82) is 0 Å². The third-order valence-electron chi connectivity index (χ3n) is 4.71. The number of hydrogen-bond donors (Lipinski definition) is 2. The lowest BCUT2D eigenvalue weighted by Crippen LogP contribution is -2.45. The van der Waals surface area contributed by atoms with Crippen LogP contribution in [0.3, 0.4) is 0 Å². The third-order valence-corrected chi connectivity index (χ3v) is 5.30. The maximum Gasteiger partial charge on any atom is 0.338 e. The van der Waals surface area contributed by atoms with Crippen LogP contribution in [0.25, 0.3) is 0 Å². The Kier molecular flexibility index (Phi) is 7.76. The molecule has 1 aliphatic heterocycles. The van der Waals surface area contributed by atoms with E-state index in [2.05, 4.69) is 10.6 Å². The second-order valence-electron chi connectivity index (χ2n) is 6.81. The molecule has 6 nitrogen and oxygen atoms in total. The number of esters is 1. The molecular weight excluding hydrogens is 436 g/mol. The molecule has 0 aromatic heterocycles. The minimum absolute atomic E-state index is 0.284. The molecule has 8 heteroatoms. The van der Waals surface area contributed by atoms with E-state index in [9.17, 15) is 4.79 Å². The van der Waals surface area contributed by atoms with E-state index in [4.69, 9.17) is 38.0 Å². The molecule has 2 N–H and O–H groups in total. The quantitative estimate of drug-likeness (QED) is 0.438. The van der Waals surface area contributed by atoms with Crippen molar-refractivity contribution in [1.82, 2.24) is 10.6 Å². The van der Waals surface area contributed by atoms with Crippen molar-refractivity contribution in [2.75, 3.05) is 13.2 Å². The summed E-state index contributed by atoms with van der Waals surface area (Å²) in [7, 11) is 0. The van der Waals surface area contributed by atoms with Crippen LogP contribution in [-0.2, 0) is 16.1 Å². The minimum atomic E-state index is -0.468. The average Bonchev–Trinajstić information content (AvgIpc) is 2.73. The van der Waals surface area contributed by atoms with Gasteiger partial charge in [0.25, 0.3) is 0 Å². The number of ether oxygens (including phenoxy) is 3. The molecular formula is C23H25ClN2O4S. The van der Waals surface area contributed by atoms with Crippen molar-refractivity contribution in [2.45, 2.75) is 33.4 Å². The molecule has 0 bridgehead atoms. The molecule has 1 atom stereocenters. The lowest BCUT2D eigenvalue weighted by atomic mass is 9.95. The van der Waals surface area contributed by atoms with E-state index in [1.54, 1.807) is 13.8 Å². The molecule has 1 heterocycles. The van der Waals surface area contributed by atoms with Crippen LogP contribution in [0, 0.1) is 0 Å². The van der Waals surface area contributed by atoms with Crippen LogP contribution in [0.1, 0.15) is 37.9 Å². The molecule has 1 aliphatic rings.